The van der Waals surface area contributed by atoms with Crippen molar-refractivity contribution < 1.29 is 0 Å². The van der Waals surface area contributed by atoms with Crippen LogP contribution in [0.5, 0.6) is 0 Å². The van der Waals surface area contributed by atoms with Gasteiger partial charge in [-0.2, -0.15) is 0 Å². The van der Waals surface area contributed by atoms with Gasteiger partial charge >= 0.3 is 0 Å². The van der Waals surface area contributed by atoms with Crippen molar-refractivity contribution in [3.05, 3.63) is 11.4 Å². The molecule has 0 saturated carbocycles. The van der Waals surface area contributed by atoms with Crippen LogP contribution in [0, 0.1) is 6.92 Å². The Morgan fingerprint density at radius 2 is 1.93 bits per heavy atom. The topological polar surface area (TPSA) is 51.8 Å². The molecule has 0 aliphatic rings. The van der Waals surface area contributed by atoms with Crippen molar-refractivity contribution in [2.45, 2.75) is 45.1 Å². The van der Waals surface area contributed by atoms with Crippen molar-refractivity contribution in [2.24, 2.45) is 0 Å². The summed E-state index contributed by atoms with van der Waals surface area (Å²) in [5.74, 6) is 2.59. The van der Waals surface area contributed by atoms with Gasteiger partial charge in [-0.25, -0.2) is 9.97 Å². The first kappa shape index (κ1) is 12.3. The number of aromatic nitrogens is 2. The third kappa shape index (κ3) is 3.38. The Kier molecular flexibility index (Phi) is 4.88. The van der Waals surface area contributed by atoms with Crippen LogP contribution in [0.15, 0.2) is 5.03 Å². The average Bonchev–Trinajstić information content (AvgIpc) is 2.21. The minimum absolute atomic E-state index is 0.632. The molecule has 0 amide bonds. The van der Waals surface area contributed by atoms with Crippen LogP contribution in [-0.2, 0) is 6.42 Å². The standard InChI is InChI=1S/C11H19N3S/c1-4-6-9-13-10(12)8(3)11(14-9)15-7-5-2/h4-7H2,1-3H3,(H2,12,13,14). The van der Waals surface area contributed by atoms with Gasteiger partial charge in [-0.05, 0) is 25.5 Å². The van der Waals surface area contributed by atoms with Gasteiger partial charge in [-0.15, -0.1) is 11.8 Å². The fourth-order valence-corrected chi connectivity index (χ4v) is 2.12. The van der Waals surface area contributed by atoms with E-state index < -0.39 is 0 Å². The van der Waals surface area contributed by atoms with Crippen LogP contribution in [0.4, 0.5) is 5.82 Å². The van der Waals surface area contributed by atoms with E-state index in [2.05, 4.69) is 23.8 Å². The van der Waals surface area contributed by atoms with Crippen molar-refractivity contribution in [1.29, 1.82) is 0 Å². The fourth-order valence-electron chi connectivity index (χ4n) is 1.23. The zero-order chi connectivity index (χ0) is 11.3. The van der Waals surface area contributed by atoms with E-state index in [0.717, 1.165) is 41.4 Å². The van der Waals surface area contributed by atoms with E-state index in [4.69, 9.17) is 5.73 Å². The molecule has 2 N–H and O–H groups in total. The van der Waals surface area contributed by atoms with Crippen LogP contribution < -0.4 is 5.73 Å². The van der Waals surface area contributed by atoms with E-state index in [9.17, 15) is 0 Å². The highest BCUT2D eigenvalue weighted by Crippen LogP contribution is 2.24. The Hall–Kier alpha value is -0.770. The first-order valence-corrected chi connectivity index (χ1v) is 6.43. The van der Waals surface area contributed by atoms with Crippen LogP contribution in [-0.4, -0.2) is 15.7 Å². The van der Waals surface area contributed by atoms with Crippen molar-refractivity contribution >= 4 is 17.6 Å². The molecular weight excluding hydrogens is 206 g/mol. The number of nitrogens with zero attached hydrogens (tertiary/aromatic N) is 2. The lowest BCUT2D eigenvalue weighted by Gasteiger charge is -2.08. The van der Waals surface area contributed by atoms with E-state index >= 15 is 0 Å². The normalized spacial score (nSPS) is 10.6. The molecule has 0 radical (unpaired) electrons. The van der Waals surface area contributed by atoms with E-state index in [1.807, 2.05) is 6.92 Å². The summed E-state index contributed by atoms with van der Waals surface area (Å²) >= 11 is 1.77. The lowest BCUT2D eigenvalue weighted by molar-refractivity contribution is 0.805. The van der Waals surface area contributed by atoms with Crippen LogP contribution in [0.3, 0.4) is 0 Å². The molecule has 0 unspecified atom stereocenters. The second kappa shape index (κ2) is 5.95. The summed E-state index contributed by atoms with van der Waals surface area (Å²) in [5, 5.41) is 1.05. The molecule has 84 valence electrons. The van der Waals surface area contributed by atoms with E-state index in [0.29, 0.717) is 5.82 Å². The van der Waals surface area contributed by atoms with Crippen molar-refractivity contribution in [3.63, 3.8) is 0 Å². The summed E-state index contributed by atoms with van der Waals surface area (Å²) in [6.07, 6.45) is 3.11. The van der Waals surface area contributed by atoms with Gasteiger partial charge in [-0.3, -0.25) is 0 Å². The fraction of sp³-hybridized carbons (Fsp3) is 0.636. The quantitative estimate of drug-likeness (QED) is 0.618. The number of aryl methyl sites for hydroxylation is 1. The highest BCUT2D eigenvalue weighted by molar-refractivity contribution is 7.99. The number of nitrogen functional groups attached to an aromatic ring is 1. The van der Waals surface area contributed by atoms with Gasteiger partial charge in [-0.1, -0.05) is 13.8 Å². The van der Waals surface area contributed by atoms with Gasteiger partial charge in [0, 0.05) is 12.0 Å². The molecule has 0 aromatic carbocycles. The van der Waals surface area contributed by atoms with Gasteiger partial charge in [0.05, 0.1) is 0 Å². The molecule has 1 rings (SSSR count). The SMILES string of the molecule is CCCSc1nc(CCC)nc(N)c1C. The van der Waals surface area contributed by atoms with Gasteiger partial charge in [0.1, 0.15) is 16.7 Å². The molecule has 0 aliphatic heterocycles. The van der Waals surface area contributed by atoms with E-state index in [1.54, 1.807) is 11.8 Å². The number of thioether (sulfide) groups is 1. The number of hydrogen-bond donors (Lipinski definition) is 1. The van der Waals surface area contributed by atoms with Crippen molar-refractivity contribution in [1.82, 2.24) is 9.97 Å². The maximum atomic E-state index is 5.86. The largest absolute Gasteiger partial charge is 0.383 e. The monoisotopic (exact) mass is 225 g/mol. The predicted molar refractivity (Wildman–Crippen MR) is 66.2 cm³/mol. The minimum Gasteiger partial charge on any atom is -0.383 e. The molecule has 3 nitrogen and oxygen atoms in total. The van der Waals surface area contributed by atoms with Crippen LogP contribution in [0.25, 0.3) is 0 Å². The van der Waals surface area contributed by atoms with Crippen LogP contribution in [0.2, 0.25) is 0 Å². The smallest absolute Gasteiger partial charge is 0.132 e. The van der Waals surface area contributed by atoms with Crippen molar-refractivity contribution in [3.8, 4) is 0 Å². The third-order valence-electron chi connectivity index (χ3n) is 2.10. The van der Waals surface area contributed by atoms with Crippen LogP contribution >= 0.6 is 11.8 Å². The zero-order valence-corrected chi connectivity index (χ0v) is 10.5. The molecule has 0 bridgehead atoms. The second-order valence-electron chi connectivity index (χ2n) is 3.55. The maximum Gasteiger partial charge on any atom is 0.132 e. The first-order chi connectivity index (χ1) is 7.19. The second-order valence-corrected chi connectivity index (χ2v) is 4.64. The maximum absolute atomic E-state index is 5.86. The molecule has 0 spiro atoms. The van der Waals surface area contributed by atoms with Gasteiger partial charge in [0.2, 0.25) is 0 Å². The summed E-state index contributed by atoms with van der Waals surface area (Å²) < 4.78 is 0. The Morgan fingerprint density at radius 3 is 2.53 bits per heavy atom. The number of rotatable bonds is 5. The molecule has 4 heteroatoms. The highest BCUT2D eigenvalue weighted by atomic mass is 32.2. The minimum atomic E-state index is 0.632. The Labute approximate surface area is 95.9 Å². The first-order valence-electron chi connectivity index (χ1n) is 5.44. The molecule has 0 saturated heterocycles. The van der Waals surface area contributed by atoms with E-state index in [1.165, 1.54) is 0 Å². The highest BCUT2D eigenvalue weighted by Gasteiger charge is 2.08. The van der Waals surface area contributed by atoms with Crippen LogP contribution in [0.1, 0.15) is 38.1 Å². The molecule has 0 aliphatic carbocycles. The van der Waals surface area contributed by atoms with E-state index in [-0.39, 0.29) is 0 Å². The Morgan fingerprint density at radius 1 is 1.20 bits per heavy atom. The van der Waals surface area contributed by atoms with Gasteiger partial charge in [0.15, 0.2) is 0 Å². The Balaban J connectivity index is 2.91. The number of nitrogens with two attached hydrogens (primary N) is 1. The number of hydrogen-bond acceptors (Lipinski definition) is 4. The summed E-state index contributed by atoms with van der Waals surface area (Å²) in [7, 11) is 0. The van der Waals surface area contributed by atoms with Gasteiger partial charge in [0.25, 0.3) is 0 Å². The molecule has 0 atom stereocenters. The predicted octanol–water partition coefficient (Wildman–Crippen LogP) is 2.82. The number of anilines is 1. The Bertz CT molecular complexity index is 326. The molecule has 1 heterocycles. The average molecular weight is 225 g/mol. The molecular formula is C11H19N3S. The summed E-state index contributed by atoms with van der Waals surface area (Å²) in [4.78, 5) is 8.82. The van der Waals surface area contributed by atoms with Crippen molar-refractivity contribution in [2.75, 3.05) is 11.5 Å². The zero-order valence-electron chi connectivity index (χ0n) is 9.71. The summed E-state index contributed by atoms with van der Waals surface area (Å²) in [5.41, 5.74) is 6.88. The lowest BCUT2D eigenvalue weighted by Crippen LogP contribution is -2.04. The summed E-state index contributed by atoms with van der Waals surface area (Å²) in [6, 6.07) is 0. The molecule has 1 aromatic rings. The molecule has 15 heavy (non-hydrogen) atoms. The molecule has 0 fully saturated rings. The van der Waals surface area contributed by atoms with Gasteiger partial charge < -0.3 is 5.73 Å². The molecule has 1 aromatic heterocycles. The lowest BCUT2D eigenvalue weighted by atomic mass is 10.3. The summed E-state index contributed by atoms with van der Waals surface area (Å²) in [6.45, 7) is 6.28. The third-order valence-corrected chi connectivity index (χ3v) is 3.38.